The molecule has 0 aliphatic carbocycles. The van der Waals surface area contributed by atoms with Crippen LogP contribution >= 0.6 is 11.6 Å². The third-order valence-corrected chi connectivity index (χ3v) is 3.69. The zero-order valence-corrected chi connectivity index (χ0v) is 11.8. The number of aromatic amines is 1. The lowest BCUT2D eigenvalue weighted by molar-refractivity contribution is 0.0920. The minimum absolute atomic E-state index is 0.0341. The maximum Gasteiger partial charge on any atom is 0.268 e. The second kappa shape index (κ2) is 5.21. The van der Waals surface area contributed by atoms with Gasteiger partial charge in [-0.1, -0.05) is 29.8 Å². The Labute approximate surface area is 122 Å². The third kappa shape index (κ3) is 2.39. The van der Waals surface area contributed by atoms with Gasteiger partial charge >= 0.3 is 0 Å². The van der Waals surface area contributed by atoms with Crippen LogP contribution in [0.1, 0.15) is 34.1 Å². The third-order valence-electron chi connectivity index (χ3n) is 3.47. The van der Waals surface area contributed by atoms with Crippen LogP contribution in [0, 0.1) is 6.92 Å². The molecule has 1 aliphatic heterocycles. The smallest absolute Gasteiger partial charge is 0.268 e. The fourth-order valence-electron chi connectivity index (χ4n) is 2.47. The largest absolute Gasteiger partial charge is 0.493 e. The summed E-state index contributed by atoms with van der Waals surface area (Å²) in [5.41, 5.74) is 2.59. The number of aromatic nitrogens is 1. The number of H-pyrrole nitrogens is 1. The van der Waals surface area contributed by atoms with E-state index in [0.717, 1.165) is 23.3 Å². The number of amides is 1. The van der Waals surface area contributed by atoms with Gasteiger partial charge in [0, 0.05) is 18.2 Å². The molecule has 5 heteroatoms. The summed E-state index contributed by atoms with van der Waals surface area (Å²) in [6, 6.07) is 7.57. The lowest BCUT2D eigenvalue weighted by Gasteiger charge is -2.27. The second-order valence-corrected chi connectivity index (χ2v) is 5.32. The highest BCUT2D eigenvalue weighted by Crippen LogP contribution is 2.34. The molecule has 1 aromatic heterocycles. The van der Waals surface area contributed by atoms with Crippen molar-refractivity contribution in [3.05, 3.63) is 52.3 Å². The maximum atomic E-state index is 12.2. The number of rotatable bonds is 2. The highest BCUT2D eigenvalue weighted by molar-refractivity contribution is 6.30. The molecular formula is C15H15ClN2O2. The molecular weight excluding hydrogens is 276 g/mol. The Morgan fingerprint density at radius 1 is 1.50 bits per heavy atom. The van der Waals surface area contributed by atoms with Gasteiger partial charge in [-0.3, -0.25) is 4.79 Å². The average molecular weight is 291 g/mol. The molecule has 2 aromatic rings. The highest BCUT2D eigenvalue weighted by Gasteiger charge is 2.24. The first kappa shape index (κ1) is 13.1. The van der Waals surface area contributed by atoms with E-state index in [1.807, 2.05) is 25.1 Å². The SMILES string of the molecule is Cc1cccc2c1OCC[C@@H]2NC(=O)c1cc(Cl)c[nH]1. The van der Waals surface area contributed by atoms with Gasteiger partial charge in [0.2, 0.25) is 0 Å². The molecule has 0 bridgehead atoms. The van der Waals surface area contributed by atoms with Gasteiger partial charge in [-0.05, 0) is 18.6 Å². The van der Waals surface area contributed by atoms with Gasteiger partial charge < -0.3 is 15.0 Å². The van der Waals surface area contributed by atoms with Crippen molar-refractivity contribution in [1.82, 2.24) is 10.3 Å². The topological polar surface area (TPSA) is 54.1 Å². The Bertz CT molecular complexity index is 651. The monoisotopic (exact) mass is 290 g/mol. The number of halogens is 1. The van der Waals surface area contributed by atoms with Gasteiger partial charge in [-0.25, -0.2) is 0 Å². The standard InChI is InChI=1S/C15H15ClN2O2/c1-9-3-2-4-11-12(5-6-20-14(9)11)18-15(19)13-7-10(16)8-17-13/h2-4,7-8,12,17H,5-6H2,1H3,(H,18,19)/t12-/m0/s1. The number of carbonyl (C=O) groups excluding carboxylic acids is 1. The van der Waals surface area contributed by atoms with E-state index < -0.39 is 0 Å². The number of fused-ring (bicyclic) bond motifs is 1. The quantitative estimate of drug-likeness (QED) is 0.892. The van der Waals surface area contributed by atoms with Crippen molar-refractivity contribution < 1.29 is 9.53 Å². The molecule has 0 unspecified atom stereocenters. The first-order valence-electron chi connectivity index (χ1n) is 6.52. The van der Waals surface area contributed by atoms with Gasteiger partial charge in [0.15, 0.2) is 0 Å². The lowest BCUT2D eigenvalue weighted by atomic mass is 9.98. The molecule has 2 heterocycles. The van der Waals surface area contributed by atoms with Crippen molar-refractivity contribution in [3.63, 3.8) is 0 Å². The molecule has 1 aliphatic rings. The van der Waals surface area contributed by atoms with E-state index in [1.165, 1.54) is 0 Å². The molecule has 0 radical (unpaired) electrons. The molecule has 20 heavy (non-hydrogen) atoms. The summed E-state index contributed by atoms with van der Waals surface area (Å²) in [6.45, 7) is 2.61. The number of aryl methyl sites for hydroxylation is 1. The van der Waals surface area contributed by atoms with Crippen molar-refractivity contribution in [2.45, 2.75) is 19.4 Å². The van der Waals surface area contributed by atoms with Crippen molar-refractivity contribution in [3.8, 4) is 5.75 Å². The summed E-state index contributed by atoms with van der Waals surface area (Å²) < 4.78 is 5.70. The van der Waals surface area contributed by atoms with E-state index in [4.69, 9.17) is 16.3 Å². The Hall–Kier alpha value is -1.94. The predicted molar refractivity (Wildman–Crippen MR) is 77.3 cm³/mol. The summed E-state index contributed by atoms with van der Waals surface area (Å²) in [5, 5.41) is 3.55. The molecule has 3 rings (SSSR count). The zero-order chi connectivity index (χ0) is 14.1. The van der Waals surface area contributed by atoms with Crippen LogP contribution in [0.25, 0.3) is 0 Å². The lowest BCUT2D eigenvalue weighted by Crippen LogP contribution is -2.32. The van der Waals surface area contributed by atoms with E-state index in [-0.39, 0.29) is 11.9 Å². The van der Waals surface area contributed by atoms with Gasteiger partial charge in [-0.15, -0.1) is 0 Å². The van der Waals surface area contributed by atoms with E-state index in [0.29, 0.717) is 17.3 Å². The summed E-state index contributed by atoms with van der Waals surface area (Å²) >= 11 is 5.82. The van der Waals surface area contributed by atoms with Crippen molar-refractivity contribution >= 4 is 17.5 Å². The van der Waals surface area contributed by atoms with Gasteiger partial charge in [0.1, 0.15) is 11.4 Å². The summed E-state index contributed by atoms with van der Waals surface area (Å²) in [6.07, 6.45) is 2.36. The average Bonchev–Trinajstić information content (AvgIpc) is 2.87. The van der Waals surface area contributed by atoms with Gasteiger partial charge in [0.25, 0.3) is 5.91 Å². The van der Waals surface area contributed by atoms with Crippen LogP contribution in [0.5, 0.6) is 5.75 Å². The van der Waals surface area contributed by atoms with Gasteiger partial charge in [0.05, 0.1) is 17.7 Å². The first-order valence-corrected chi connectivity index (χ1v) is 6.90. The predicted octanol–water partition coefficient (Wildman–Crippen LogP) is 3.23. The maximum absolute atomic E-state index is 12.2. The molecule has 1 atom stereocenters. The molecule has 0 saturated carbocycles. The number of hydrogen-bond acceptors (Lipinski definition) is 2. The van der Waals surface area contributed by atoms with Crippen LogP contribution in [0.3, 0.4) is 0 Å². The van der Waals surface area contributed by atoms with Crippen molar-refractivity contribution in [2.75, 3.05) is 6.61 Å². The van der Waals surface area contributed by atoms with E-state index in [1.54, 1.807) is 12.3 Å². The van der Waals surface area contributed by atoms with Crippen molar-refractivity contribution in [1.29, 1.82) is 0 Å². The van der Waals surface area contributed by atoms with E-state index in [9.17, 15) is 4.79 Å². The molecule has 0 saturated heterocycles. The molecule has 2 N–H and O–H groups in total. The zero-order valence-electron chi connectivity index (χ0n) is 11.1. The number of carbonyl (C=O) groups is 1. The number of para-hydroxylation sites is 1. The molecule has 1 aromatic carbocycles. The number of nitrogens with one attached hydrogen (secondary N) is 2. The van der Waals surface area contributed by atoms with Crippen LogP contribution in [-0.4, -0.2) is 17.5 Å². The van der Waals surface area contributed by atoms with E-state index in [2.05, 4.69) is 10.3 Å². The highest BCUT2D eigenvalue weighted by atomic mass is 35.5. The fourth-order valence-corrected chi connectivity index (χ4v) is 2.63. The first-order chi connectivity index (χ1) is 9.65. The summed E-state index contributed by atoms with van der Waals surface area (Å²) in [5.74, 6) is 0.727. The Kier molecular flexibility index (Phi) is 3.40. The van der Waals surface area contributed by atoms with Crippen LogP contribution in [0.4, 0.5) is 0 Å². The van der Waals surface area contributed by atoms with E-state index >= 15 is 0 Å². The second-order valence-electron chi connectivity index (χ2n) is 4.89. The Morgan fingerprint density at radius 2 is 2.35 bits per heavy atom. The Balaban J connectivity index is 1.83. The van der Waals surface area contributed by atoms with Gasteiger partial charge in [-0.2, -0.15) is 0 Å². The van der Waals surface area contributed by atoms with Crippen LogP contribution in [-0.2, 0) is 0 Å². The van der Waals surface area contributed by atoms with Crippen LogP contribution < -0.4 is 10.1 Å². The van der Waals surface area contributed by atoms with Crippen molar-refractivity contribution in [2.24, 2.45) is 0 Å². The fraction of sp³-hybridized carbons (Fsp3) is 0.267. The number of ether oxygens (including phenoxy) is 1. The molecule has 0 fully saturated rings. The van der Waals surface area contributed by atoms with Crippen LogP contribution in [0.15, 0.2) is 30.5 Å². The summed E-state index contributed by atoms with van der Waals surface area (Å²) in [4.78, 5) is 15.0. The molecule has 1 amide bonds. The van der Waals surface area contributed by atoms with Crippen LogP contribution in [0.2, 0.25) is 5.02 Å². The molecule has 4 nitrogen and oxygen atoms in total. The minimum atomic E-state index is -0.156. The molecule has 104 valence electrons. The number of benzene rings is 1. The molecule has 0 spiro atoms. The normalized spacial score (nSPS) is 17.2. The summed E-state index contributed by atoms with van der Waals surface area (Å²) in [7, 11) is 0. The Morgan fingerprint density at radius 3 is 3.10 bits per heavy atom. The number of hydrogen-bond donors (Lipinski definition) is 2. The minimum Gasteiger partial charge on any atom is -0.493 e.